The van der Waals surface area contributed by atoms with Crippen molar-refractivity contribution in [1.29, 1.82) is 0 Å². The third-order valence-electron chi connectivity index (χ3n) is 5.78. The third-order valence-corrected chi connectivity index (χ3v) is 5.78. The molecule has 0 saturated carbocycles. The Kier molecular flexibility index (Phi) is 8.30. The number of benzene rings is 3. The first kappa shape index (κ1) is 26.7. The lowest BCUT2D eigenvalue weighted by Crippen LogP contribution is -2.32. The molecule has 198 valence electrons. The highest BCUT2D eigenvalue weighted by atomic mass is 19.1. The number of nitrogens with zero attached hydrogens (tertiary/aromatic N) is 4. The van der Waals surface area contributed by atoms with Crippen LogP contribution in [0.1, 0.15) is 27.7 Å². The first-order valence-corrected chi connectivity index (χ1v) is 12.5. The summed E-state index contributed by atoms with van der Waals surface area (Å²) >= 11 is 0. The maximum Gasteiger partial charge on any atom is 0.323 e. The Morgan fingerprint density at radius 1 is 0.895 bits per heavy atom. The van der Waals surface area contributed by atoms with E-state index in [4.69, 9.17) is 0 Å². The van der Waals surface area contributed by atoms with E-state index in [1.807, 2.05) is 42.5 Å². The zero-order chi connectivity index (χ0) is 27.2. The van der Waals surface area contributed by atoms with Gasteiger partial charge in [-0.3, -0.25) is 0 Å². The van der Waals surface area contributed by atoms with Gasteiger partial charge < -0.3 is 15.5 Å². The van der Waals surface area contributed by atoms with Crippen molar-refractivity contribution in [3.8, 4) is 22.5 Å². The molecular formula is C28H31F2N7O. The van der Waals surface area contributed by atoms with Crippen LogP contribution in [0.2, 0.25) is 0 Å². The van der Waals surface area contributed by atoms with E-state index in [9.17, 15) is 13.6 Å². The summed E-state index contributed by atoms with van der Waals surface area (Å²) in [6.45, 7) is 10.0. The molecule has 3 N–H and O–H groups in total. The minimum atomic E-state index is -0.857. The summed E-state index contributed by atoms with van der Waals surface area (Å²) in [5, 5.41) is 19.5. The summed E-state index contributed by atoms with van der Waals surface area (Å²) in [7, 11) is 0. The molecule has 38 heavy (non-hydrogen) atoms. The molecule has 0 fully saturated rings. The lowest BCUT2D eigenvalue weighted by Gasteiger charge is -2.31. The number of aromatic nitrogens is 4. The van der Waals surface area contributed by atoms with Crippen LogP contribution >= 0.6 is 0 Å². The van der Waals surface area contributed by atoms with Gasteiger partial charge >= 0.3 is 6.03 Å². The van der Waals surface area contributed by atoms with E-state index >= 15 is 0 Å². The molecule has 4 aromatic rings. The molecule has 10 heteroatoms. The number of carbonyl (C=O) groups excluding carboxylic acids is 1. The van der Waals surface area contributed by atoms with Crippen molar-refractivity contribution in [1.82, 2.24) is 20.6 Å². The molecule has 0 unspecified atom stereocenters. The molecule has 0 bridgehead atoms. The molecule has 2 amide bonds. The van der Waals surface area contributed by atoms with Crippen molar-refractivity contribution < 1.29 is 13.6 Å². The number of aromatic amines is 1. The molecule has 3 aromatic carbocycles. The number of H-pyrrole nitrogens is 1. The van der Waals surface area contributed by atoms with Crippen LogP contribution in [-0.2, 0) is 0 Å². The number of urea groups is 1. The number of carbonyl (C=O) groups is 1. The predicted molar refractivity (Wildman–Crippen MR) is 146 cm³/mol. The minimum Gasteiger partial charge on any atom is -0.369 e. The average molecular weight is 520 g/mol. The van der Waals surface area contributed by atoms with Crippen molar-refractivity contribution in [2.45, 2.75) is 27.7 Å². The maximum atomic E-state index is 14.2. The SMILES string of the molecule is CC(C)CN(CC(C)C)c1ccc(-c2ccccc2-c2nn[nH]n2)cc1NC(=O)Nc1c(F)cccc1F. The van der Waals surface area contributed by atoms with Gasteiger partial charge in [-0.25, -0.2) is 13.6 Å². The normalized spacial score (nSPS) is 11.2. The molecule has 1 heterocycles. The highest BCUT2D eigenvalue weighted by Gasteiger charge is 2.20. The Labute approximate surface area is 220 Å². The van der Waals surface area contributed by atoms with Crippen molar-refractivity contribution in [2.75, 3.05) is 28.6 Å². The summed E-state index contributed by atoms with van der Waals surface area (Å²) in [5.41, 5.74) is 3.20. The van der Waals surface area contributed by atoms with E-state index in [1.54, 1.807) is 0 Å². The van der Waals surface area contributed by atoms with Gasteiger partial charge in [-0.15, -0.1) is 10.2 Å². The first-order chi connectivity index (χ1) is 18.2. The average Bonchev–Trinajstić information content (AvgIpc) is 3.40. The zero-order valence-electron chi connectivity index (χ0n) is 21.8. The van der Waals surface area contributed by atoms with Crippen molar-refractivity contribution >= 4 is 23.1 Å². The highest BCUT2D eigenvalue weighted by Crippen LogP contribution is 2.36. The lowest BCUT2D eigenvalue weighted by atomic mass is 9.97. The summed E-state index contributed by atoms with van der Waals surface area (Å²) in [5.74, 6) is -0.551. The van der Waals surface area contributed by atoms with Crippen LogP contribution in [0, 0.1) is 23.5 Å². The summed E-state index contributed by atoms with van der Waals surface area (Å²) < 4.78 is 28.4. The molecule has 0 saturated heterocycles. The molecule has 8 nitrogen and oxygen atoms in total. The fourth-order valence-electron chi connectivity index (χ4n) is 4.32. The van der Waals surface area contributed by atoms with E-state index in [2.05, 4.69) is 63.9 Å². The highest BCUT2D eigenvalue weighted by molar-refractivity contribution is 6.03. The largest absolute Gasteiger partial charge is 0.369 e. The molecular weight excluding hydrogens is 488 g/mol. The summed E-state index contributed by atoms with van der Waals surface area (Å²) in [6.07, 6.45) is 0. The molecule has 0 spiro atoms. The van der Waals surface area contributed by atoms with Gasteiger partial charge in [-0.05, 0) is 52.4 Å². The molecule has 0 aliphatic carbocycles. The molecule has 0 radical (unpaired) electrons. The number of hydrogen-bond donors (Lipinski definition) is 3. The van der Waals surface area contributed by atoms with Crippen LogP contribution < -0.4 is 15.5 Å². The van der Waals surface area contributed by atoms with Gasteiger partial charge in [-0.1, -0.05) is 64.1 Å². The predicted octanol–water partition coefficient (Wildman–Crippen LogP) is 6.57. The maximum absolute atomic E-state index is 14.2. The molecule has 0 aliphatic heterocycles. The van der Waals surface area contributed by atoms with Gasteiger partial charge in [0.05, 0.1) is 11.4 Å². The van der Waals surface area contributed by atoms with Crippen molar-refractivity contribution in [2.24, 2.45) is 11.8 Å². The summed E-state index contributed by atoms with van der Waals surface area (Å²) in [6, 6.07) is 16.0. The van der Waals surface area contributed by atoms with Crippen LogP contribution in [-0.4, -0.2) is 39.7 Å². The Bertz CT molecular complexity index is 1360. The number of halogens is 2. The summed E-state index contributed by atoms with van der Waals surface area (Å²) in [4.78, 5) is 15.2. The van der Waals surface area contributed by atoms with Gasteiger partial charge in [0.2, 0.25) is 5.82 Å². The molecule has 0 atom stereocenters. The van der Waals surface area contributed by atoms with Gasteiger partial charge in [0.25, 0.3) is 0 Å². The van der Waals surface area contributed by atoms with E-state index in [1.165, 1.54) is 6.07 Å². The second kappa shape index (κ2) is 11.8. The Morgan fingerprint density at radius 2 is 1.55 bits per heavy atom. The number of hydrogen-bond acceptors (Lipinski definition) is 5. The quantitative estimate of drug-likeness (QED) is 0.232. The van der Waals surface area contributed by atoms with Crippen LogP contribution in [0.5, 0.6) is 0 Å². The van der Waals surface area contributed by atoms with Crippen LogP contribution in [0.3, 0.4) is 0 Å². The Morgan fingerprint density at radius 3 is 2.16 bits per heavy atom. The number of nitrogens with one attached hydrogen (secondary N) is 3. The molecule has 4 rings (SSSR count). The van der Waals surface area contributed by atoms with E-state index in [0.717, 1.165) is 47.6 Å². The van der Waals surface area contributed by atoms with Gasteiger partial charge in [0.1, 0.15) is 17.3 Å². The molecule has 0 aliphatic rings. The standard InChI is InChI=1S/C28H31F2N7O/c1-17(2)15-37(16-18(3)4)25-13-12-19(20-8-5-6-9-21(20)27-33-35-36-34-27)14-24(25)31-28(38)32-26-22(29)10-7-11-23(26)30/h5-14,17-18H,15-16H2,1-4H3,(H2,31,32,38)(H,33,34,35,36). The molecule has 1 aromatic heterocycles. The first-order valence-electron chi connectivity index (χ1n) is 12.5. The van der Waals surface area contributed by atoms with E-state index in [-0.39, 0.29) is 0 Å². The minimum absolute atomic E-state index is 0.363. The number of anilines is 3. The van der Waals surface area contributed by atoms with E-state index in [0.29, 0.717) is 23.3 Å². The number of para-hydroxylation sites is 1. The number of amides is 2. The fourth-order valence-corrected chi connectivity index (χ4v) is 4.32. The number of rotatable bonds is 9. The monoisotopic (exact) mass is 519 g/mol. The second-order valence-corrected chi connectivity index (χ2v) is 9.88. The van der Waals surface area contributed by atoms with Crippen molar-refractivity contribution in [3.05, 3.63) is 72.3 Å². The van der Waals surface area contributed by atoms with Crippen LogP contribution in [0.4, 0.5) is 30.6 Å². The lowest BCUT2D eigenvalue weighted by molar-refractivity contribution is 0.262. The Balaban J connectivity index is 1.77. The fraction of sp³-hybridized carbons (Fsp3) is 0.286. The van der Waals surface area contributed by atoms with Crippen molar-refractivity contribution in [3.63, 3.8) is 0 Å². The van der Waals surface area contributed by atoms with Gasteiger partial charge in [-0.2, -0.15) is 5.21 Å². The van der Waals surface area contributed by atoms with Crippen LogP contribution in [0.15, 0.2) is 60.7 Å². The topological polar surface area (TPSA) is 98.8 Å². The van der Waals surface area contributed by atoms with Crippen LogP contribution in [0.25, 0.3) is 22.5 Å². The number of tetrazole rings is 1. The second-order valence-electron chi connectivity index (χ2n) is 9.88. The van der Waals surface area contributed by atoms with Gasteiger partial charge in [0, 0.05) is 18.7 Å². The Hall–Kier alpha value is -4.34. The van der Waals surface area contributed by atoms with E-state index < -0.39 is 23.4 Å². The van der Waals surface area contributed by atoms with Gasteiger partial charge in [0.15, 0.2) is 0 Å². The zero-order valence-corrected chi connectivity index (χ0v) is 21.8. The smallest absolute Gasteiger partial charge is 0.323 e. The third kappa shape index (κ3) is 6.31.